The van der Waals surface area contributed by atoms with Crippen LogP contribution in [0, 0.1) is 0 Å². The molecule has 0 aliphatic rings. The Balaban J connectivity index is 1.90. The van der Waals surface area contributed by atoms with E-state index in [9.17, 15) is 4.79 Å². The van der Waals surface area contributed by atoms with E-state index < -0.39 is 0 Å². The molecule has 0 radical (unpaired) electrons. The zero-order chi connectivity index (χ0) is 14.4. The van der Waals surface area contributed by atoms with Crippen LogP contribution < -0.4 is 5.73 Å². The third-order valence-electron chi connectivity index (χ3n) is 2.68. The summed E-state index contributed by atoms with van der Waals surface area (Å²) >= 11 is 3.41. The molecule has 0 saturated heterocycles. The van der Waals surface area contributed by atoms with Gasteiger partial charge in [0.2, 0.25) is 0 Å². The standard InChI is InChI=1S/C16H14BrNO2/c17-15-4-2-1-3-13(15)11-20-16(19)10-7-12-5-8-14(18)9-6-12/h1-10H,11,18H2/b10-7+. The number of esters is 1. The number of rotatable bonds is 4. The normalized spacial score (nSPS) is 10.7. The van der Waals surface area contributed by atoms with Crippen molar-refractivity contribution in [3.05, 3.63) is 70.2 Å². The predicted octanol–water partition coefficient (Wildman–Crippen LogP) is 3.79. The van der Waals surface area contributed by atoms with Crippen molar-refractivity contribution < 1.29 is 9.53 Å². The Morgan fingerprint density at radius 3 is 2.55 bits per heavy atom. The number of nitrogen functional groups attached to an aromatic ring is 1. The lowest BCUT2D eigenvalue weighted by Gasteiger charge is -2.04. The Labute approximate surface area is 126 Å². The first-order chi connectivity index (χ1) is 9.65. The first-order valence-electron chi connectivity index (χ1n) is 6.09. The van der Waals surface area contributed by atoms with E-state index in [0.717, 1.165) is 15.6 Å². The number of ether oxygens (including phenoxy) is 1. The summed E-state index contributed by atoms with van der Waals surface area (Å²) in [6.45, 7) is 0.242. The first-order valence-corrected chi connectivity index (χ1v) is 6.88. The molecule has 2 N–H and O–H groups in total. The number of hydrogen-bond donors (Lipinski definition) is 1. The van der Waals surface area contributed by atoms with E-state index in [0.29, 0.717) is 5.69 Å². The van der Waals surface area contributed by atoms with Gasteiger partial charge in [0.25, 0.3) is 0 Å². The molecule has 0 atom stereocenters. The minimum atomic E-state index is -0.377. The van der Waals surface area contributed by atoms with Crippen LogP contribution in [-0.4, -0.2) is 5.97 Å². The average molecular weight is 332 g/mol. The molecule has 0 bridgehead atoms. The highest BCUT2D eigenvalue weighted by Crippen LogP contribution is 2.16. The third kappa shape index (κ3) is 4.24. The van der Waals surface area contributed by atoms with Crippen LogP contribution in [0.15, 0.2) is 59.1 Å². The Hall–Kier alpha value is -2.07. The lowest BCUT2D eigenvalue weighted by molar-refractivity contribution is -0.138. The van der Waals surface area contributed by atoms with E-state index in [1.807, 2.05) is 36.4 Å². The van der Waals surface area contributed by atoms with E-state index in [4.69, 9.17) is 10.5 Å². The molecular weight excluding hydrogens is 318 g/mol. The molecule has 0 spiro atoms. The van der Waals surface area contributed by atoms with Crippen molar-refractivity contribution in [3.63, 3.8) is 0 Å². The van der Waals surface area contributed by atoms with Crippen molar-refractivity contribution in [3.8, 4) is 0 Å². The first kappa shape index (κ1) is 14.3. The molecule has 4 heteroatoms. The fraction of sp³-hybridized carbons (Fsp3) is 0.0625. The minimum Gasteiger partial charge on any atom is -0.458 e. The van der Waals surface area contributed by atoms with Gasteiger partial charge in [0.15, 0.2) is 0 Å². The van der Waals surface area contributed by atoms with Crippen molar-refractivity contribution in [1.29, 1.82) is 0 Å². The van der Waals surface area contributed by atoms with Gasteiger partial charge in [-0.05, 0) is 29.8 Å². The van der Waals surface area contributed by atoms with E-state index in [1.165, 1.54) is 6.08 Å². The smallest absolute Gasteiger partial charge is 0.331 e. The van der Waals surface area contributed by atoms with Gasteiger partial charge in [-0.1, -0.05) is 46.3 Å². The average Bonchev–Trinajstić information content (AvgIpc) is 2.46. The van der Waals surface area contributed by atoms with E-state index in [2.05, 4.69) is 15.9 Å². The van der Waals surface area contributed by atoms with Gasteiger partial charge >= 0.3 is 5.97 Å². The van der Waals surface area contributed by atoms with Gasteiger partial charge in [0.05, 0.1) is 0 Å². The summed E-state index contributed by atoms with van der Waals surface area (Å²) in [5.41, 5.74) is 8.11. The van der Waals surface area contributed by atoms with Crippen molar-refractivity contribution >= 4 is 33.7 Å². The van der Waals surface area contributed by atoms with Crippen molar-refractivity contribution in [2.24, 2.45) is 0 Å². The van der Waals surface area contributed by atoms with Crippen LogP contribution in [0.2, 0.25) is 0 Å². The van der Waals surface area contributed by atoms with Crippen molar-refractivity contribution in [2.45, 2.75) is 6.61 Å². The van der Waals surface area contributed by atoms with Gasteiger partial charge < -0.3 is 10.5 Å². The molecule has 20 heavy (non-hydrogen) atoms. The fourth-order valence-electron chi connectivity index (χ4n) is 1.58. The highest BCUT2D eigenvalue weighted by atomic mass is 79.9. The van der Waals surface area contributed by atoms with E-state index >= 15 is 0 Å². The number of carbonyl (C=O) groups excluding carboxylic acids is 1. The Morgan fingerprint density at radius 2 is 1.85 bits per heavy atom. The molecule has 0 amide bonds. The molecule has 2 rings (SSSR count). The number of benzene rings is 2. The minimum absolute atomic E-state index is 0.242. The number of halogens is 1. The molecule has 0 heterocycles. The summed E-state index contributed by atoms with van der Waals surface area (Å²) in [5, 5.41) is 0. The molecule has 2 aromatic carbocycles. The maximum absolute atomic E-state index is 11.6. The van der Waals surface area contributed by atoms with Gasteiger partial charge in [0, 0.05) is 21.8 Å². The maximum Gasteiger partial charge on any atom is 0.331 e. The third-order valence-corrected chi connectivity index (χ3v) is 3.45. The fourth-order valence-corrected chi connectivity index (χ4v) is 1.98. The predicted molar refractivity (Wildman–Crippen MR) is 83.8 cm³/mol. The summed E-state index contributed by atoms with van der Waals surface area (Å²) < 4.78 is 6.10. The lowest BCUT2D eigenvalue weighted by Crippen LogP contribution is -2.01. The SMILES string of the molecule is Nc1ccc(/C=C/C(=O)OCc2ccccc2Br)cc1. The zero-order valence-corrected chi connectivity index (χ0v) is 12.3. The Morgan fingerprint density at radius 1 is 1.15 bits per heavy atom. The number of carbonyl (C=O) groups is 1. The largest absolute Gasteiger partial charge is 0.458 e. The maximum atomic E-state index is 11.6. The Kier molecular flexibility index (Phi) is 4.96. The second-order valence-electron chi connectivity index (χ2n) is 4.20. The van der Waals surface area contributed by atoms with Gasteiger partial charge in [-0.25, -0.2) is 4.79 Å². The lowest BCUT2D eigenvalue weighted by atomic mass is 10.2. The molecule has 0 aliphatic heterocycles. The highest BCUT2D eigenvalue weighted by Gasteiger charge is 2.02. The van der Waals surface area contributed by atoms with Crippen LogP contribution in [0.5, 0.6) is 0 Å². The summed E-state index contributed by atoms with van der Waals surface area (Å²) in [6.07, 6.45) is 3.10. The van der Waals surface area contributed by atoms with Crippen LogP contribution in [0.4, 0.5) is 5.69 Å². The van der Waals surface area contributed by atoms with Gasteiger partial charge in [-0.3, -0.25) is 0 Å². The molecular formula is C16H14BrNO2. The van der Waals surface area contributed by atoms with Crippen molar-refractivity contribution in [2.75, 3.05) is 5.73 Å². The van der Waals surface area contributed by atoms with Crippen LogP contribution >= 0.6 is 15.9 Å². The number of nitrogens with two attached hydrogens (primary N) is 1. The second kappa shape index (κ2) is 6.91. The summed E-state index contributed by atoms with van der Waals surface area (Å²) in [6, 6.07) is 14.9. The number of hydrogen-bond acceptors (Lipinski definition) is 3. The summed E-state index contributed by atoms with van der Waals surface area (Å²) in [7, 11) is 0. The summed E-state index contributed by atoms with van der Waals surface area (Å²) in [5.74, 6) is -0.377. The second-order valence-corrected chi connectivity index (χ2v) is 5.05. The molecule has 3 nitrogen and oxygen atoms in total. The molecule has 0 aliphatic carbocycles. The number of anilines is 1. The van der Waals surface area contributed by atoms with E-state index in [-0.39, 0.29) is 12.6 Å². The topological polar surface area (TPSA) is 52.3 Å². The van der Waals surface area contributed by atoms with Crippen LogP contribution in [0.1, 0.15) is 11.1 Å². The van der Waals surface area contributed by atoms with Crippen LogP contribution in [-0.2, 0) is 16.1 Å². The molecule has 2 aromatic rings. The quantitative estimate of drug-likeness (QED) is 0.526. The van der Waals surface area contributed by atoms with Gasteiger partial charge in [-0.15, -0.1) is 0 Å². The monoisotopic (exact) mass is 331 g/mol. The van der Waals surface area contributed by atoms with Crippen LogP contribution in [0.3, 0.4) is 0 Å². The summed E-state index contributed by atoms with van der Waals surface area (Å²) in [4.78, 5) is 11.6. The molecule has 0 aromatic heterocycles. The Bertz CT molecular complexity index is 621. The molecule has 0 saturated carbocycles. The van der Waals surface area contributed by atoms with E-state index in [1.54, 1.807) is 18.2 Å². The van der Waals surface area contributed by atoms with Gasteiger partial charge in [-0.2, -0.15) is 0 Å². The molecule has 0 unspecified atom stereocenters. The molecule has 0 fully saturated rings. The van der Waals surface area contributed by atoms with Crippen molar-refractivity contribution in [1.82, 2.24) is 0 Å². The van der Waals surface area contributed by atoms with Crippen LogP contribution in [0.25, 0.3) is 6.08 Å². The van der Waals surface area contributed by atoms with Gasteiger partial charge in [0.1, 0.15) is 6.61 Å². The highest BCUT2D eigenvalue weighted by molar-refractivity contribution is 9.10. The zero-order valence-electron chi connectivity index (χ0n) is 10.8. The molecule has 102 valence electrons.